The van der Waals surface area contributed by atoms with Crippen LogP contribution in [-0.2, 0) is 6.54 Å². The molecular weight excluding hydrogens is 181 g/mol. The molecule has 2 N–H and O–H groups in total. The molecule has 0 radical (unpaired) electrons. The minimum atomic E-state index is -0.480. The van der Waals surface area contributed by atoms with E-state index in [-0.39, 0.29) is 23.8 Å². The van der Waals surface area contributed by atoms with E-state index in [0.717, 1.165) is 0 Å². The molecule has 2 nitrogen and oxygen atoms in total. The Morgan fingerprint density at radius 1 is 1.50 bits per heavy atom. The number of nitrogens with two attached hydrogens (primary N) is 1. The lowest BCUT2D eigenvalue weighted by Crippen LogP contribution is -2.10. The minimum absolute atomic E-state index is 0.150. The predicted octanol–water partition coefficient (Wildman–Crippen LogP) is 2.12. The minimum Gasteiger partial charge on any atom is -0.326 e. The molecule has 0 unspecified atom stereocenters. The monoisotopic (exact) mass is 195 g/mol. The Morgan fingerprint density at radius 2 is 2.14 bits per heavy atom. The third-order valence-corrected chi connectivity index (χ3v) is 2.06. The standard InChI is InChI=1S/C11H14FNO/c1-7(2)11(14)9-4-3-8(6-13)5-10(9)12/h3-5,7H,6,13H2,1-2H3. The molecule has 0 amide bonds. The fourth-order valence-corrected chi connectivity index (χ4v) is 1.20. The molecule has 76 valence electrons. The van der Waals surface area contributed by atoms with Gasteiger partial charge in [-0.1, -0.05) is 19.9 Å². The van der Waals surface area contributed by atoms with Crippen molar-refractivity contribution in [3.05, 3.63) is 35.1 Å². The molecule has 0 aliphatic heterocycles. The topological polar surface area (TPSA) is 43.1 Å². The van der Waals surface area contributed by atoms with Crippen LogP contribution in [-0.4, -0.2) is 5.78 Å². The summed E-state index contributed by atoms with van der Waals surface area (Å²) in [5, 5.41) is 0. The normalized spacial score (nSPS) is 10.6. The quantitative estimate of drug-likeness (QED) is 0.751. The molecule has 0 spiro atoms. The summed E-state index contributed by atoms with van der Waals surface area (Å²) in [4.78, 5) is 11.5. The number of hydrogen-bond acceptors (Lipinski definition) is 2. The van der Waals surface area contributed by atoms with Crippen LogP contribution in [0.1, 0.15) is 29.8 Å². The summed E-state index contributed by atoms with van der Waals surface area (Å²) in [6.07, 6.45) is 0. The highest BCUT2D eigenvalue weighted by Crippen LogP contribution is 2.14. The fourth-order valence-electron chi connectivity index (χ4n) is 1.20. The van der Waals surface area contributed by atoms with E-state index in [9.17, 15) is 9.18 Å². The van der Waals surface area contributed by atoms with Gasteiger partial charge in [-0.15, -0.1) is 0 Å². The first kappa shape index (κ1) is 10.9. The number of halogens is 1. The van der Waals surface area contributed by atoms with Crippen molar-refractivity contribution in [2.24, 2.45) is 11.7 Å². The number of rotatable bonds is 3. The molecule has 0 atom stereocenters. The van der Waals surface area contributed by atoms with Crippen molar-refractivity contribution in [2.45, 2.75) is 20.4 Å². The van der Waals surface area contributed by atoms with Crippen LogP contribution in [0.4, 0.5) is 4.39 Å². The first-order valence-corrected chi connectivity index (χ1v) is 4.59. The first-order chi connectivity index (χ1) is 6.56. The van der Waals surface area contributed by atoms with Crippen molar-refractivity contribution in [1.82, 2.24) is 0 Å². The largest absolute Gasteiger partial charge is 0.326 e. The Bertz CT molecular complexity index is 347. The Morgan fingerprint density at radius 3 is 2.57 bits per heavy atom. The molecule has 0 aromatic heterocycles. The fraction of sp³-hybridized carbons (Fsp3) is 0.364. The summed E-state index contributed by atoms with van der Waals surface area (Å²) in [5.74, 6) is -0.842. The maximum absolute atomic E-state index is 13.4. The second-order valence-electron chi connectivity index (χ2n) is 3.54. The number of carbonyl (C=O) groups is 1. The number of benzene rings is 1. The summed E-state index contributed by atoms with van der Waals surface area (Å²) in [6, 6.07) is 4.49. The van der Waals surface area contributed by atoms with Gasteiger partial charge in [0.05, 0.1) is 5.56 Å². The molecule has 0 bridgehead atoms. The Hall–Kier alpha value is -1.22. The van der Waals surface area contributed by atoms with E-state index in [4.69, 9.17) is 5.73 Å². The van der Waals surface area contributed by atoms with Gasteiger partial charge in [0.1, 0.15) is 5.82 Å². The smallest absolute Gasteiger partial charge is 0.168 e. The third-order valence-electron chi connectivity index (χ3n) is 2.06. The second-order valence-corrected chi connectivity index (χ2v) is 3.54. The van der Waals surface area contributed by atoms with Gasteiger partial charge in [0.2, 0.25) is 0 Å². The van der Waals surface area contributed by atoms with Crippen LogP contribution in [0.25, 0.3) is 0 Å². The summed E-state index contributed by atoms with van der Waals surface area (Å²) in [7, 11) is 0. The molecule has 0 saturated carbocycles. The molecule has 0 heterocycles. The molecule has 0 aliphatic carbocycles. The van der Waals surface area contributed by atoms with Crippen molar-refractivity contribution in [2.75, 3.05) is 0 Å². The Balaban J connectivity index is 3.06. The number of Topliss-reactive ketones (excluding diaryl/α,β-unsaturated/α-hetero) is 1. The number of carbonyl (C=O) groups excluding carboxylic acids is 1. The molecule has 0 aliphatic rings. The molecule has 1 aromatic rings. The van der Waals surface area contributed by atoms with Gasteiger partial charge in [-0.3, -0.25) is 4.79 Å². The molecule has 0 saturated heterocycles. The van der Waals surface area contributed by atoms with Gasteiger partial charge in [0, 0.05) is 12.5 Å². The van der Waals surface area contributed by atoms with E-state index in [2.05, 4.69) is 0 Å². The zero-order valence-electron chi connectivity index (χ0n) is 8.38. The average Bonchev–Trinajstić information content (AvgIpc) is 2.16. The van der Waals surface area contributed by atoms with E-state index in [1.54, 1.807) is 19.9 Å². The van der Waals surface area contributed by atoms with E-state index in [0.29, 0.717) is 5.56 Å². The van der Waals surface area contributed by atoms with Crippen molar-refractivity contribution in [3.8, 4) is 0 Å². The van der Waals surface area contributed by atoms with Gasteiger partial charge >= 0.3 is 0 Å². The molecule has 14 heavy (non-hydrogen) atoms. The predicted molar refractivity (Wildman–Crippen MR) is 53.5 cm³/mol. The van der Waals surface area contributed by atoms with E-state index < -0.39 is 5.82 Å². The van der Waals surface area contributed by atoms with Crippen LogP contribution in [0.15, 0.2) is 18.2 Å². The van der Waals surface area contributed by atoms with Gasteiger partial charge in [-0.2, -0.15) is 0 Å². The Kier molecular flexibility index (Phi) is 3.36. The highest BCUT2D eigenvalue weighted by molar-refractivity contribution is 5.97. The molecule has 1 rings (SSSR count). The first-order valence-electron chi connectivity index (χ1n) is 4.59. The Labute approximate surface area is 82.9 Å². The van der Waals surface area contributed by atoms with Crippen molar-refractivity contribution >= 4 is 5.78 Å². The maximum Gasteiger partial charge on any atom is 0.168 e. The number of hydrogen-bond donors (Lipinski definition) is 1. The highest BCUT2D eigenvalue weighted by atomic mass is 19.1. The highest BCUT2D eigenvalue weighted by Gasteiger charge is 2.14. The van der Waals surface area contributed by atoms with Crippen molar-refractivity contribution < 1.29 is 9.18 Å². The SMILES string of the molecule is CC(C)C(=O)c1ccc(CN)cc1F. The van der Waals surface area contributed by atoms with Crippen LogP contribution in [0.5, 0.6) is 0 Å². The van der Waals surface area contributed by atoms with Gasteiger partial charge < -0.3 is 5.73 Å². The second kappa shape index (κ2) is 4.33. The third kappa shape index (κ3) is 2.17. The molecule has 3 heteroatoms. The van der Waals surface area contributed by atoms with Gasteiger partial charge in [-0.25, -0.2) is 4.39 Å². The van der Waals surface area contributed by atoms with E-state index >= 15 is 0 Å². The van der Waals surface area contributed by atoms with Gasteiger partial charge in [0.25, 0.3) is 0 Å². The number of ketones is 1. The van der Waals surface area contributed by atoms with Crippen molar-refractivity contribution in [3.63, 3.8) is 0 Å². The van der Waals surface area contributed by atoms with E-state index in [1.807, 2.05) is 0 Å². The zero-order valence-corrected chi connectivity index (χ0v) is 8.38. The van der Waals surface area contributed by atoms with Crippen LogP contribution in [0.3, 0.4) is 0 Å². The lowest BCUT2D eigenvalue weighted by molar-refractivity contribution is 0.0935. The zero-order chi connectivity index (χ0) is 10.7. The average molecular weight is 195 g/mol. The molecular formula is C11H14FNO. The van der Waals surface area contributed by atoms with Crippen LogP contribution < -0.4 is 5.73 Å². The summed E-state index contributed by atoms with van der Waals surface area (Å²) < 4.78 is 13.4. The van der Waals surface area contributed by atoms with Crippen LogP contribution in [0.2, 0.25) is 0 Å². The van der Waals surface area contributed by atoms with Crippen LogP contribution >= 0.6 is 0 Å². The van der Waals surface area contributed by atoms with Crippen molar-refractivity contribution in [1.29, 1.82) is 0 Å². The van der Waals surface area contributed by atoms with Crippen LogP contribution in [0, 0.1) is 11.7 Å². The summed E-state index contributed by atoms with van der Waals surface area (Å²) in [6.45, 7) is 3.78. The molecule has 0 fully saturated rings. The summed E-state index contributed by atoms with van der Waals surface area (Å²) in [5.41, 5.74) is 6.20. The summed E-state index contributed by atoms with van der Waals surface area (Å²) >= 11 is 0. The molecule has 1 aromatic carbocycles. The van der Waals surface area contributed by atoms with E-state index in [1.165, 1.54) is 12.1 Å². The van der Waals surface area contributed by atoms with Gasteiger partial charge in [0.15, 0.2) is 5.78 Å². The lowest BCUT2D eigenvalue weighted by Gasteiger charge is -2.06. The lowest BCUT2D eigenvalue weighted by atomic mass is 9.99. The van der Waals surface area contributed by atoms with Gasteiger partial charge in [-0.05, 0) is 17.7 Å². The maximum atomic E-state index is 13.4.